The van der Waals surface area contributed by atoms with Crippen molar-refractivity contribution in [3.63, 3.8) is 0 Å². The van der Waals surface area contributed by atoms with Gasteiger partial charge >= 0.3 is 0 Å². The number of quaternary nitrogens is 1. The average Bonchev–Trinajstić information content (AvgIpc) is 2.70. The van der Waals surface area contributed by atoms with Crippen LogP contribution in [0.15, 0.2) is 54.6 Å². The van der Waals surface area contributed by atoms with E-state index in [1.165, 1.54) is 10.5 Å². The van der Waals surface area contributed by atoms with E-state index in [4.69, 9.17) is 11.6 Å². The number of rotatable bonds is 7. The summed E-state index contributed by atoms with van der Waals surface area (Å²) in [5, 5.41) is 10.1. The van der Waals surface area contributed by atoms with Gasteiger partial charge in [0.1, 0.15) is 6.54 Å². The molecular weight excluding hydrogens is 360 g/mol. The maximum absolute atomic E-state index is 13.0. The lowest BCUT2D eigenvalue weighted by Crippen LogP contribution is -3.11. The number of hydrogen-bond acceptors (Lipinski definition) is 2. The van der Waals surface area contributed by atoms with Gasteiger partial charge in [-0.15, -0.1) is 0 Å². The van der Waals surface area contributed by atoms with Crippen LogP contribution in [0.3, 0.4) is 0 Å². The molecule has 4 nitrogen and oxygen atoms in total. The van der Waals surface area contributed by atoms with Gasteiger partial charge in [0, 0.05) is 42.4 Å². The zero-order valence-corrected chi connectivity index (χ0v) is 16.4. The van der Waals surface area contributed by atoms with Crippen molar-refractivity contribution in [1.29, 1.82) is 0 Å². The van der Waals surface area contributed by atoms with Crippen LogP contribution in [0, 0.1) is 5.92 Å². The normalized spacial score (nSPS) is 19.6. The number of nitrogens with one attached hydrogen (secondary N) is 1. The number of amides is 1. The predicted molar refractivity (Wildman–Crippen MR) is 108 cm³/mol. The van der Waals surface area contributed by atoms with E-state index in [2.05, 4.69) is 12.1 Å². The first-order valence-corrected chi connectivity index (χ1v) is 10.0. The minimum absolute atomic E-state index is 0.000759. The van der Waals surface area contributed by atoms with Gasteiger partial charge in [-0.25, -0.2) is 0 Å². The second-order valence-electron chi connectivity index (χ2n) is 7.30. The van der Waals surface area contributed by atoms with Crippen LogP contribution in [-0.2, 0) is 17.9 Å². The van der Waals surface area contributed by atoms with Gasteiger partial charge in [0.2, 0.25) is 5.91 Å². The number of carbonyl (C=O) groups is 1. The van der Waals surface area contributed by atoms with Crippen molar-refractivity contribution in [2.45, 2.75) is 25.9 Å². The second-order valence-corrected chi connectivity index (χ2v) is 7.73. The number of halogens is 1. The molecule has 144 valence electrons. The van der Waals surface area contributed by atoms with E-state index in [1.54, 1.807) is 0 Å². The lowest BCUT2D eigenvalue weighted by molar-refractivity contribution is -0.919. The van der Waals surface area contributed by atoms with Crippen LogP contribution in [0.1, 0.15) is 24.0 Å². The van der Waals surface area contributed by atoms with Crippen molar-refractivity contribution in [3.8, 4) is 0 Å². The minimum Gasteiger partial charge on any atom is -0.395 e. The first kappa shape index (κ1) is 19.9. The van der Waals surface area contributed by atoms with Crippen LogP contribution >= 0.6 is 11.6 Å². The van der Waals surface area contributed by atoms with E-state index >= 15 is 0 Å². The minimum atomic E-state index is -0.000759. The molecule has 1 saturated heterocycles. The summed E-state index contributed by atoms with van der Waals surface area (Å²) in [6, 6.07) is 18.0. The van der Waals surface area contributed by atoms with Gasteiger partial charge in [-0.05, 0) is 17.7 Å². The zero-order valence-electron chi connectivity index (χ0n) is 15.6. The van der Waals surface area contributed by atoms with Gasteiger partial charge in [-0.2, -0.15) is 0 Å². The highest BCUT2D eigenvalue weighted by Gasteiger charge is 2.30. The Morgan fingerprint density at radius 2 is 1.70 bits per heavy atom. The number of benzene rings is 2. The molecule has 2 aromatic carbocycles. The number of nitrogens with zero attached hydrogens (tertiary/aromatic N) is 1. The maximum Gasteiger partial charge on any atom is 0.226 e. The first-order valence-electron chi connectivity index (χ1n) is 9.67. The maximum atomic E-state index is 13.0. The summed E-state index contributed by atoms with van der Waals surface area (Å²) in [4.78, 5) is 16.3. The Balaban J connectivity index is 1.53. The molecule has 1 aliphatic rings. The molecule has 1 aliphatic heterocycles. The van der Waals surface area contributed by atoms with Crippen molar-refractivity contribution in [1.82, 2.24) is 4.90 Å². The van der Waals surface area contributed by atoms with Crippen LogP contribution < -0.4 is 4.90 Å². The highest BCUT2D eigenvalue weighted by atomic mass is 35.5. The summed E-state index contributed by atoms with van der Waals surface area (Å²) in [5.41, 5.74) is 2.38. The van der Waals surface area contributed by atoms with Gasteiger partial charge < -0.3 is 14.9 Å². The Morgan fingerprint density at radius 1 is 1.04 bits per heavy atom. The molecule has 1 fully saturated rings. The fourth-order valence-corrected chi connectivity index (χ4v) is 3.92. The lowest BCUT2D eigenvalue weighted by atomic mass is 9.94. The van der Waals surface area contributed by atoms with Gasteiger partial charge in [-0.1, -0.05) is 54.1 Å². The van der Waals surface area contributed by atoms with E-state index in [1.807, 2.05) is 47.4 Å². The van der Waals surface area contributed by atoms with Gasteiger partial charge in [-0.3, -0.25) is 4.79 Å². The van der Waals surface area contributed by atoms with Gasteiger partial charge in [0.15, 0.2) is 0 Å². The molecule has 2 aromatic rings. The summed E-state index contributed by atoms with van der Waals surface area (Å²) >= 11 is 5.95. The standard InChI is InChI=1S/C22H27ClN2O2/c23-21-8-6-19(7-9-21)16-24-12-10-20(11-13-24)22(27)25(14-15-26)17-18-4-2-1-3-5-18/h1-9,20,26H,10-17H2/p+1. The van der Waals surface area contributed by atoms with Crippen LogP contribution in [0.4, 0.5) is 0 Å². The number of aliphatic hydroxyl groups excluding tert-OH is 1. The smallest absolute Gasteiger partial charge is 0.226 e. The Labute approximate surface area is 166 Å². The van der Waals surface area contributed by atoms with Crippen molar-refractivity contribution in [2.24, 2.45) is 5.92 Å². The molecule has 1 amide bonds. The molecule has 5 heteroatoms. The molecule has 0 radical (unpaired) electrons. The Kier molecular flexibility index (Phi) is 7.27. The molecule has 2 N–H and O–H groups in total. The predicted octanol–water partition coefficient (Wildman–Crippen LogP) is 2.16. The number of likely N-dealkylation sites (tertiary alicyclic amines) is 1. The molecule has 0 spiro atoms. The number of aliphatic hydroxyl groups is 1. The van der Waals surface area contributed by atoms with Crippen LogP contribution in [0.25, 0.3) is 0 Å². The molecule has 27 heavy (non-hydrogen) atoms. The van der Waals surface area contributed by atoms with E-state index in [0.717, 1.165) is 43.1 Å². The van der Waals surface area contributed by atoms with Crippen LogP contribution in [0.5, 0.6) is 0 Å². The Bertz CT molecular complexity index is 713. The van der Waals surface area contributed by atoms with Gasteiger partial charge in [0.05, 0.1) is 19.7 Å². The third kappa shape index (κ3) is 5.80. The molecule has 0 unspecified atom stereocenters. The summed E-state index contributed by atoms with van der Waals surface area (Å²) in [6.07, 6.45) is 1.80. The molecule has 0 atom stereocenters. The molecule has 3 rings (SSSR count). The van der Waals surface area contributed by atoms with Crippen molar-refractivity contribution < 1.29 is 14.8 Å². The summed E-state index contributed by atoms with van der Waals surface area (Å²) in [5.74, 6) is 0.243. The summed E-state index contributed by atoms with van der Waals surface area (Å²) in [7, 11) is 0. The van der Waals surface area contributed by atoms with Crippen molar-refractivity contribution >= 4 is 17.5 Å². The Hall–Kier alpha value is -1.88. The second kappa shape index (κ2) is 9.88. The van der Waals surface area contributed by atoms with E-state index in [-0.39, 0.29) is 18.4 Å². The fourth-order valence-electron chi connectivity index (χ4n) is 3.79. The third-order valence-electron chi connectivity index (χ3n) is 5.31. The number of carbonyl (C=O) groups excluding carboxylic acids is 1. The highest BCUT2D eigenvalue weighted by Crippen LogP contribution is 2.16. The van der Waals surface area contributed by atoms with E-state index in [0.29, 0.717) is 13.1 Å². The summed E-state index contributed by atoms with van der Waals surface area (Å²) < 4.78 is 0. The SMILES string of the molecule is O=C(C1CC[NH+](Cc2ccc(Cl)cc2)CC1)N(CCO)Cc1ccccc1. The highest BCUT2D eigenvalue weighted by molar-refractivity contribution is 6.30. The molecule has 0 aromatic heterocycles. The topological polar surface area (TPSA) is 45.0 Å². The third-order valence-corrected chi connectivity index (χ3v) is 5.56. The number of hydrogen-bond donors (Lipinski definition) is 2. The van der Waals surface area contributed by atoms with E-state index < -0.39 is 0 Å². The monoisotopic (exact) mass is 387 g/mol. The fraction of sp³-hybridized carbons (Fsp3) is 0.409. The average molecular weight is 388 g/mol. The molecule has 1 heterocycles. The molecule has 0 bridgehead atoms. The lowest BCUT2D eigenvalue weighted by Gasteiger charge is -2.32. The van der Waals surface area contributed by atoms with Crippen molar-refractivity contribution in [3.05, 3.63) is 70.7 Å². The first-order chi connectivity index (χ1) is 13.2. The van der Waals surface area contributed by atoms with Crippen molar-refractivity contribution in [2.75, 3.05) is 26.2 Å². The molecule has 0 aliphatic carbocycles. The van der Waals surface area contributed by atoms with Crippen LogP contribution in [0.2, 0.25) is 5.02 Å². The largest absolute Gasteiger partial charge is 0.395 e. The number of piperidine rings is 1. The van der Waals surface area contributed by atoms with Gasteiger partial charge in [0.25, 0.3) is 0 Å². The van der Waals surface area contributed by atoms with E-state index in [9.17, 15) is 9.90 Å². The molecule has 0 saturated carbocycles. The zero-order chi connectivity index (χ0) is 19.1. The van der Waals surface area contributed by atoms with Crippen LogP contribution in [-0.4, -0.2) is 42.2 Å². The Morgan fingerprint density at radius 3 is 2.33 bits per heavy atom. The molecular formula is C22H28ClN2O2+. The quantitative estimate of drug-likeness (QED) is 0.764. The summed E-state index contributed by atoms with van der Waals surface area (Å²) in [6.45, 7) is 3.93.